The minimum atomic E-state index is -0.228. The number of rotatable bonds is 4. The number of nitrogens with one attached hydrogen (secondary N) is 1. The monoisotopic (exact) mass is 369 g/mol. The van der Waals surface area contributed by atoms with Crippen LogP contribution in [0.2, 0.25) is 5.02 Å². The number of halogens is 1. The number of hydrogen-bond donors (Lipinski definition) is 1. The molecule has 0 aliphatic heterocycles. The third-order valence-electron chi connectivity index (χ3n) is 4.31. The summed E-state index contributed by atoms with van der Waals surface area (Å²) in [6, 6.07) is 9.04. The second-order valence-electron chi connectivity index (χ2n) is 6.20. The third kappa shape index (κ3) is 3.46. The van der Waals surface area contributed by atoms with Crippen molar-refractivity contribution in [1.82, 2.24) is 0 Å². The van der Waals surface area contributed by atoms with Crippen LogP contribution in [0.15, 0.2) is 47.1 Å². The molecule has 0 atom stereocenters. The lowest BCUT2D eigenvalue weighted by molar-refractivity contribution is -0.111. The number of aryl methyl sites for hydroxylation is 2. The molecule has 1 heterocycles. The van der Waals surface area contributed by atoms with Crippen molar-refractivity contribution >= 4 is 39.7 Å². The largest absolute Gasteiger partial charge is 0.496 e. The second kappa shape index (κ2) is 7.26. The van der Waals surface area contributed by atoms with Gasteiger partial charge in [-0.3, -0.25) is 4.79 Å². The molecule has 26 heavy (non-hydrogen) atoms. The molecule has 0 saturated carbocycles. The zero-order valence-electron chi connectivity index (χ0n) is 15.1. The number of fused-ring (bicyclic) bond motifs is 1. The van der Waals surface area contributed by atoms with Gasteiger partial charge in [0.2, 0.25) is 5.91 Å². The molecule has 1 N–H and O–H groups in total. The molecule has 3 rings (SSSR count). The van der Waals surface area contributed by atoms with Gasteiger partial charge in [-0.15, -0.1) is 0 Å². The van der Waals surface area contributed by atoms with Gasteiger partial charge in [0, 0.05) is 33.3 Å². The van der Waals surface area contributed by atoms with Crippen LogP contribution in [0, 0.1) is 13.8 Å². The molecule has 0 unspecified atom stereocenters. The van der Waals surface area contributed by atoms with E-state index in [4.69, 9.17) is 20.8 Å². The van der Waals surface area contributed by atoms with Gasteiger partial charge in [0.1, 0.15) is 11.3 Å². The fraction of sp³-hybridized carbons (Fsp3) is 0.190. The van der Waals surface area contributed by atoms with Gasteiger partial charge < -0.3 is 14.5 Å². The Morgan fingerprint density at radius 3 is 2.73 bits per heavy atom. The van der Waals surface area contributed by atoms with E-state index in [1.165, 1.54) is 0 Å². The van der Waals surface area contributed by atoms with Crippen LogP contribution in [0.5, 0.6) is 5.75 Å². The molecule has 0 radical (unpaired) electrons. The molecule has 134 valence electrons. The molecule has 3 aromatic rings. The maximum Gasteiger partial charge on any atom is 0.248 e. The van der Waals surface area contributed by atoms with E-state index >= 15 is 0 Å². The lowest BCUT2D eigenvalue weighted by Gasteiger charge is -2.13. The first-order valence-corrected chi connectivity index (χ1v) is 8.59. The van der Waals surface area contributed by atoms with Gasteiger partial charge in [0.15, 0.2) is 0 Å². The van der Waals surface area contributed by atoms with E-state index in [1.54, 1.807) is 43.7 Å². The molecule has 0 spiro atoms. The maximum atomic E-state index is 12.4. The fourth-order valence-electron chi connectivity index (χ4n) is 3.01. The number of carbonyl (C=O) groups excluding carboxylic acids is 1. The Labute approximate surface area is 157 Å². The summed E-state index contributed by atoms with van der Waals surface area (Å²) in [5, 5.41) is 4.41. The summed E-state index contributed by atoms with van der Waals surface area (Å²) in [4.78, 5) is 12.4. The molecule has 4 nitrogen and oxygen atoms in total. The number of carbonyl (C=O) groups is 1. The van der Waals surface area contributed by atoms with Gasteiger partial charge in [0.05, 0.1) is 13.4 Å². The molecule has 0 saturated heterocycles. The van der Waals surface area contributed by atoms with Crippen molar-refractivity contribution in [2.45, 2.75) is 20.8 Å². The quantitative estimate of drug-likeness (QED) is 0.595. The standard InChI is InChI=1S/C21H20ClNO3/c1-12(8-19(24)23-16-7-5-6-15(22)9-16)17-10-18-13(2)11-26-21(18)14(3)20(17)25-4/h5-11H,1-4H3,(H,23,24)/b12-8+. The van der Waals surface area contributed by atoms with Crippen molar-refractivity contribution in [3.63, 3.8) is 0 Å². The predicted octanol–water partition coefficient (Wildman–Crippen LogP) is 5.75. The zero-order valence-corrected chi connectivity index (χ0v) is 15.9. The molecule has 5 heteroatoms. The Balaban J connectivity index is 1.98. The van der Waals surface area contributed by atoms with Crippen molar-refractivity contribution in [3.05, 3.63) is 64.4 Å². The van der Waals surface area contributed by atoms with Crippen LogP contribution in [-0.2, 0) is 4.79 Å². The van der Waals surface area contributed by atoms with Crippen molar-refractivity contribution in [3.8, 4) is 5.75 Å². The first kappa shape index (κ1) is 18.1. The summed E-state index contributed by atoms with van der Waals surface area (Å²) in [5.41, 5.74) is 5.07. The number of anilines is 1. The van der Waals surface area contributed by atoms with E-state index in [9.17, 15) is 4.79 Å². The molecule has 0 aliphatic rings. The van der Waals surface area contributed by atoms with Crippen LogP contribution in [-0.4, -0.2) is 13.0 Å². The minimum Gasteiger partial charge on any atom is -0.496 e. The first-order chi connectivity index (χ1) is 12.4. The molecular formula is C21H20ClNO3. The number of hydrogen-bond acceptors (Lipinski definition) is 3. The van der Waals surface area contributed by atoms with E-state index in [0.29, 0.717) is 16.5 Å². The van der Waals surface area contributed by atoms with Gasteiger partial charge in [-0.05, 0) is 56.2 Å². The lowest BCUT2D eigenvalue weighted by atomic mass is 9.98. The van der Waals surface area contributed by atoms with Gasteiger partial charge >= 0.3 is 0 Å². The summed E-state index contributed by atoms with van der Waals surface area (Å²) in [6.45, 7) is 5.83. The van der Waals surface area contributed by atoms with Crippen LogP contribution < -0.4 is 10.1 Å². The number of methoxy groups -OCH3 is 1. The average Bonchev–Trinajstić information content (AvgIpc) is 2.96. The molecule has 0 bridgehead atoms. The van der Waals surface area contributed by atoms with E-state index in [2.05, 4.69) is 5.32 Å². The smallest absolute Gasteiger partial charge is 0.248 e. The van der Waals surface area contributed by atoms with Crippen molar-refractivity contribution < 1.29 is 13.9 Å². The maximum absolute atomic E-state index is 12.4. The topological polar surface area (TPSA) is 51.5 Å². The van der Waals surface area contributed by atoms with Gasteiger partial charge in [-0.25, -0.2) is 0 Å². The Hall–Kier alpha value is -2.72. The summed E-state index contributed by atoms with van der Waals surface area (Å²) in [6.07, 6.45) is 3.28. The van der Waals surface area contributed by atoms with Gasteiger partial charge in [0.25, 0.3) is 0 Å². The predicted molar refractivity (Wildman–Crippen MR) is 106 cm³/mol. The van der Waals surface area contributed by atoms with Gasteiger partial charge in [-0.1, -0.05) is 17.7 Å². The highest BCUT2D eigenvalue weighted by atomic mass is 35.5. The first-order valence-electron chi connectivity index (χ1n) is 8.21. The van der Waals surface area contributed by atoms with E-state index < -0.39 is 0 Å². The average molecular weight is 370 g/mol. The van der Waals surface area contributed by atoms with E-state index in [0.717, 1.165) is 33.2 Å². The fourth-order valence-corrected chi connectivity index (χ4v) is 3.20. The third-order valence-corrected chi connectivity index (χ3v) is 4.54. The van der Waals surface area contributed by atoms with Crippen LogP contribution >= 0.6 is 11.6 Å². The highest BCUT2D eigenvalue weighted by molar-refractivity contribution is 6.30. The number of amides is 1. The minimum absolute atomic E-state index is 0.228. The van der Waals surface area contributed by atoms with Crippen molar-refractivity contribution in [2.24, 2.45) is 0 Å². The number of benzene rings is 2. The number of allylic oxidation sites excluding steroid dienone is 1. The molecule has 1 amide bonds. The van der Waals surface area contributed by atoms with Crippen LogP contribution in [0.1, 0.15) is 23.6 Å². The molecule has 0 aliphatic carbocycles. The normalized spacial score (nSPS) is 11.7. The highest BCUT2D eigenvalue weighted by Crippen LogP contribution is 2.37. The van der Waals surface area contributed by atoms with Crippen molar-refractivity contribution in [2.75, 3.05) is 12.4 Å². The zero-order chi connectivity index (χ0) is 18.8. The SMILES string of the molecule is COc1c(/C(C)=C/C(=O)Nc2cccc(Cl)c2)cc2c(C)coc2c1C. The number of furan rings is 1. The van der Waals surface area contributed by atoms with Crippen LogP contribution in [0.3, 0.4) is 0 Å². The Bertz CT molecular complexity index is 1020. The summed E-state index contributed by atoms with van der Waals surface area (Å²) in [5.74, 6) is 0.477. The summed E-state index contributed by atoms with van der Waals surface area (Å²) >= 11 is 5.95. The molecule has 0 fully saturated rings. The van der Waals surface area contributed by atoms with E-state index in [-0.39, 0.29) is 5.91 Å². The highest BCUT2D eigenvalue weighted by Gasteiger charge is 2.16. The van der Waals surface area contributed by atoms with E-state index in [1.807, 2.05) is 26.8 Å². The summed E-state index contributed by atoms with van der Waals surface area (Å²) in [7, 11) is 1.62. The Morgan fingerprint density at radius 1 is 1.27 bits per heavy atom. The van der Waals surface area contributed by atoms with Crippen molar-refractivity contribution in [1.29, 1.82) is 0 Å². The summed E-state index contributed by atoms with van der Waals surface area (Å²) < 4.78 is 11.2. The molecule has 1 aromatic heterocycles. The van der Waals surface area contributed by atoms with Crippen LogP contribution in [0.25, 0.3) is 16.5 Å². The molecular weight excluding hydrogens is 350 g/mol. The lowest BCUT2D eigenvalue weighted by Crippen LogP contribution is -2.08. The molecule has 2 aromatic carbocycles. The number of ether oxygens (including phenoxy) is 1. The Kier molecular flexibility index (Phi) is 5.05. The second-order valence-corrected chi connectivity index (χ2v) is 6.64. The van der Waals surface area contributed by atoms with Crippen LogP contribution in [0.4, 0.5) is 5.69 Å². The Morgan fingerprint density at radius 2 is 2.04 bits per heavy atom. The van der Waals surface area contributed by atoms with Gasteiger partial charge in [-0.2, -0.15) is 0 Å².